The van der Waals surface area contributed by atoms with Gasteiger partial charge in [-0.2, -0.15) is 10.4 Å². The fourth-order valence-electron chi connectivity index (χ4n) is 3.23. The van der Waals surface area contributed by atoms with Crippen LogP contribution < -0.4 is 15.4 Å². The van der Waals surface area contributed by atoms with Gasteiger partial charge >= 0.3 is 6.03 Å². The van der Waals surface area contributed by atoms with E-state index in [1.807, 2.05) is 6.20 Å². The van der Waals surface area contributed by atoms with E-state index in [0.717, 1.165) is 25.0 Å². The number of aryl methyl sites for hydroxylation is 1. The molecule has 1 atom stereocenters. The van der Waals surface area contributed by atoms with Gasteiger partial charge in [0.1, 0.15) is 11.5 Å². The Morgan fingerprint density at radius 1 is 1.14 bits per heavy atom. The third-order valence-electron chi connectivity index (χ3n) is 4.68. The predicted molar refractivity (Wildman–Crippen MR) is 104 cm³/mol. The molecule has 7 nitrogen and oxygen atoms in total. The van der Waals surface area contributed by atoms with E-state index in [2.05, 4.69) is 26.9 Å². The van der Waals surface area contributed by atoms with Gasteiger partial charge in [-0.15, -0.1) is 0 Å². The zero-order chi connectivity index (χ0) is 19.3. The molecule has 1 heterocycles. The first-order chi connectivity index (χ1) is 13.7. The highest BCUT2D eigenvalue weighted by atomic mass is 16.5. The van der Waals surface area contributed by atoms with Crippen molar-refractivity contribution in [2.75, 3.05) is 5.32 Å². The maximum absolute atomic E-state index is 12.3. The first kappa shape index (κ1) is 17.6. The number of H-pyrrole nitrogens is 1. The van der Waals surface area contributed by atoms with Crippen molar-refractivity contribution in [3.8, 4) is 17.6 Å². The molecular weight excluding hydrogens is 354 g/mol. The van der Waals surface area contributed by atoms with Gasteiger partial charge in [-0.25, -0.2) is 4.79 Å². The number of carbonyl (C=O) groups excluding carboxylic acids is 1. The Balaban J connectivity index is 1.30. The van der Waals surface area contributed by atoms with Crippen LogP contribution in [0.5, 0.6) is 11.5 Å². The minimum Gasteiger partial charge on any atom is -0.457 e. The van der Waals surface area contributed by atoms with Gasteiger partial charge in [0.25, 0.3) is 0 Å². The van der Waals surface area contributed by atoms with Gasteiger partial charge in [0.2, 0.25) is 0 Å². The van der Waals surface area contributed by atoms with E-state index in [1.165, 1.54) is 5.56 Å². The van der Waals surface area contributed by atoms with Crippen LogP contribution in [0.2, 0.25) is 0 Å². The summed E-state index contributed by atoms with van der Waals surface area (Å²) in [5.41, 5.74) is 3.60. The molecule has 2 amide bonds. The number of ether oxygens (including phenoxy) is 1. The Hall–Kier alpha value is -3.79. The molecule has 140 valence electrons. The largest absolute Gasteiger partial charge is 0.457 e. The molecule has 0 saturated heterocycles. The zero-order valence-corrected chi connectivity index (χ0v) is 15.1. The summed E-state index contributed by atoms with van der Waals surface area (Å²) in [5, 5.41) is 21.7. The molecule has 1 aliphatic carbocycles. The quantitative estimate of drug-likeness (QED) is 0.648. The summed E-state index contributed by atoms with van der Waals surface area (Å²) in [6, 6.07) is 16.0. The number of amides is 2. The van der Waals surface area contributed by atoms with Gasteiger partial charge in [0, 0.05) is 17.4 Å². The van der Waals surface area contributed by atoms with E-state index < -0.39 is 0 Å². The van der Waals surface area contributed by atoms with E-state index >= 15 is 0 Å². The number of rotatable bonds is 4. The molecule has 4 rings (SSSR count). The van der Waals surface area contributed by atoms with E-state index in [1.54, 1.807) is 48.5 Å². The first-order valence-corrected chi connectivity index (χ1v) is 9.06. The number of aromatic nitrogens is 2. The molecule has 7 heteroatoms. The van der Waals surface area contributed by atoms with Crippen LogP contribution >= 0.6 is 0 Å². The van der Waals surface area contributed by atoms with Gasteiger partial charge < -0.3 is 15.4 Å². The SMILES string of the molecule is N#Cc1ccc(Oc2ccc(NC(=O)NC3CCc4[nH]ncc4C3)cc2)cc1. The van der Waals surface area contributed by atoms with Crippen LogP contribution in [0.15, 0.2) is 54.7 Å². The van der Waals surface area contributed by atoms with Crippen LogP contribution in [0.3, 0.4) is 0 Å². The van der Waals surface area contributed by atoms with Crippen LogP contribution in [-0.4, -0.2) is 22.3 Å². The van der Waals surface area contributed by atoms with Crippen molar-refractivity contribution < 1.29 is 9.53 Å². The number of hydrogen-bond acceptors (Lipinski definition) is 4. The molecule has 0 bridgehead atoms. The number of fused-ring (bicyclic) bond motifs is 1. The maximum Gasteiger partial charge on any atom is 0.319 e. The molecular formula is C21H19N5O2. The molecule has 1 unspecified atom stereocenters. The van der Waals surface area contributed by atoms with E-state index in [9.17, 15) is 4.79 Å². The lowest BCUT2D eigenvalue weighted by molar-refractivity contribution is 0.247. The van der Waals surface area contributed by atoms with Gasteiger partial charge in [0.15, 0.2) is 0 Å². The van der Waals surface area contributed by atoms with E-state index in [-0.39, 0.29) is 12.1 Å². The Bertz CT molecular complexity index is 1000. The Morgan fingerprint density at radius 3 is 2.57 bits per heavy atom. The Kier molecular flexibility index (Phi) is 4.93. The number of carbonyl (C=O) groups is 1. The van der Waals surface area contributed by atoms with Gasteiger partial charge in [-0.3, -0.25) is 5.10 Å². The van der Waals surface area contributed by atoms with Crippen molar-refractivity contribution in [3.63, 3.8) is 0 Å². The van der Waals surface area contributed by atoms with Crippen molar-refractivity contribution in [1.29, 1.82) is 5.26 Å². The molecule has 0 radical (unpaired) electrons. The number of anilines is 1. The van der Waals surface area contributed by atoms with Crippen molar-refractivity contribution in [2.45, 2.75) is 25.3 Å². The Labute approximate surface area is 162 Å². The minimum absolute atomic E-state index is 0.101. The Morgan fingerprint density at radius 2 is 1.86 bits per heavy atom. The summed E-state index contributed by atoms with van der Waals surface area (Å²) in [4.78, 5) is 12.3. The van der Waals surface area contributed by atoms with Crippen molar-refractivity contribution in [2.24, 2.45) is 0 Å². The standard InChI is InChI=1S/C21H19N5O2/c22-12-14-1-6-18(7-2-14)28-19-8-3-16(4-9-19)24-21(27)25-17-5-10-20-15(11-17)13-23-26-20/h1-4,6-9,13,17H,5,10-11H2,(H,23,26)(H2,24,25,27). The molecule has 0 fully saturated rings. The highest BCUT2D eigenvalue weighted by Crippen LogP contribution is 2.23. The van der Waals surface area contributed by atoms with Crippen LogP contribution in [0.25, 0.3) is 0 Å². The summed E-state index contributed by atoms with van der Waals surface area (Å²) >= 11 is 0. The molecule has 2 aromatic carbocycles. The van der Waals surface area contributed by atoms with Crippen molar-refractivity contribution in [3.05, 3.63) is 71.5 Å². The average molecular weight is 373 g/mol. The summed E-state index contributed by atoms with van der Waals surface area (Å²) in [7, 11) is 0. The number of nitrogens with zero attached hydrogens (tertiary/aromatic N) is 2. The second kappa shape index (κ2) is 7.84. The second-order valence-corrected chi connectivity index (χ2v) is 6.67. The summed E-state index contributed by atoms with van der Waals surface area (Å²) in [6.45, 7) is 0. The van der Waals surface area contributed by atoms with E-state index in [4.69, 9.17) is 10.00 Å². The fourth-order valence-corrected chi connectivity index (χ4v) is 3.23. The molecule has 0 aliphatic heterocycles. The molecule has 1 aliphatic rings. The fraction of sp³-hybridized carbons (Fsp3) is 0.190. The maximum atomic E-state index is 12.3. The van der Waals surface area contributed by atoms with Crippen molar-refractivity contribution >= 4 is 11.7 Å². The van der Waals surface area contributed by atoms with Crippen molar-refractivity contribution in [1.82, 2.24) is 15.5 Å². The van der Waals surface area contributed by atoms with E-state index in [0.29, 0.717) is 22.7 Å². The normalized spacial score (nSPS) is 15.2. The first-order valence-electron chi connectivity index (χ1n) is 9.06. The molecule has 28 heavy (non-hydrogen) atoms. The molecule has 3 aromatic rings. The summed E-state index contributed by atoms with van der Waals surface area (Å²) in [6.07, 6.45) is 4.39. The number of nitriles is 1. The molecule has 0 spiro atoms. The van der Waals surface area contributed by atoms with Crippen LogP contribution in [-0.2, 0) is 12.8 Å². The van der Waals surface area contributed by atoms with Gasteiger partial charge in [-0.1, -0.05) is 0 Å². The lowest BCUT2D eigenvalue weighted by Gasteiger charge is -2.23. The van der Waals surface area contributed by atoms with Gasteiger partial charge in [0.05, 0.1) is 17.8 Å². The second-order valence-electron chi connectivity index (χ2n) is 6.67. The van der Waals surface area contributed by atoms with Crippen LogP contribution in [0, 0.1) is 11.3 Å². The highest BCUT2D eigenvalue weighted by Gasteiger charge is 2.21. The highest BCUT2D eigenvalue weighted by molar-refractivity contribution is 5.89. The third kappa shape index (κ3) is 4.13. The third-order valence-corrected chi connectivity index (χ3v) is 4.68. The van der Waals surface area contributed by atoms with Crippen LogP contribution in [0.4, 0.5) is 10.5 Å². The monoisotopic (exact) mass is 373 g/mol. The smallest absolute Gasteiger partial charge is 0.319 e. The number of hydrogen-bond donors (Lipinski definition) is 3. The topological polar surface area (TPSA) is 103 Å². The number of urea groups is 1. The molecule has 1 aromatic heterocycles. The minimum atomic E-state index is -0.224. The molecule has 0 saturated carbocycles. The lowest BCUT2D eigenvalue weighted by atomic mass is 9.94. The van der Waals surface area contributed by atoms with Gasteiger partial charge in [-0.05, 0) is 73.4 Å². The predicted octanol–water partition coefficient (Wildman–Crippen LogP) is 3.75. The average Bonchev–Trinajstić information content (AvgIpc) is 3.18. The number of benzene rings is 2. The summed E-state index contributed by atoms with van der Waals surface area (Å²) in [5.74, 6) is 1.30. The summed E-state index contributed by atoms with van der Waals surface area (Å²) < 4.78 is 5.74. The lowest BCUT2D eigenvalue weighted by Crippen LogP contribution is -2.41. The number of aromatic amines is 1. The molecule has 3 N–H and O–H groups in total. The zero-order valence-electron chi connectivity index (χ0n) is 15.1. The van der Waals surface area contributed by atoms with Crippen LogP contribution in [0.1, 0.15) is 23.2 Å². The number of nitrogens with one attached hydrogen (secondary N) is 3.